The molecule has 0 aliphatic carbocycles. The van der Waals surface area contributed by atoms with Crippen molar-refractivity contribution in [2.45, 2.75) is 431 Å². The van der Waals surface area contributed by atoms with Gasteiger partial charge in [0.25, 0.3) is 0 Å². The SMILES string of the molecule is CCCCCCCCCCCCCCCCCCC(=O)OC[C@H](COP(=O)(O)OC[C@@H](O)COP(=O)(O)OC[C@@H](COC(=O)CCCCCCCCCCCCCC)OC(=O)CCCCCCCCCCCCCC)OC(=O)CCCCCCCCCCCCCCCCCC. The number of carbonyl (C=O) groups is 4. The van der Waals surface area contributed by atoms with E-state index in [1.54, 1.807) is 0 Å². The van der Waals surface area contributed by atoms with E-state index in [0.29, 0.717) is 25.7 Å². The van der Waals surface area contributed by atoms with Gasteiger partial charge in [-0.1, -0.05) is 362 Å². The van der Waals surface area contributed by atoms with Gasteiger partial charge in [-0.3, -0.25) is 37.3 Å². The zero-order valence-electron chi connectivity index (χ0n) is 62.4. The molecule has 0 bridgehead atoms. The van der Waals surface area contributed by atoms with Gasteiger partial charge in [-0.25, -0.2) is 9.13 Å². The Balaban J connectivity index is 5.25. The second-order valence-corrected chi connectivity index (χ2v) is 30.7. The molecule has 0 aliphatic rings. The van der Waals surface area contributed by atoms with Gasteiger partial charge in [-0.05, 0) is 25.7 Å². The smallest absolute Gasteiger partial charge is 0.462 e. The summed E-state index contributed by atoms with van der Waals surface area (Å²) in [7, 11) is -9.91. The van der Waals surface area contributed by atoms with E-state index in [4.69, 9.17) is 37.0 Å². The topological polar surface area (TPSA) is 237 Å². The summed E-state index contributed by atoms with van der Waals surface area (Å²) in [6.45, 7) is 5.01. The summed E-state index contributed by atoms with van der Waals surface area (Å²) in [6.07, 6.45) is 62.2. The van der Waals surface area contributed by atoms with E-state index in [0.717, 1.165) is 89.9 Å². The Morgan fingerprint density at radius 1 is 0.250 bits per heavy atom. The summed E-state index contributed by atoms with van der Waals surface area (Å²) in [5.41, 5.74) is 0. The predicted molar refractivity (Wildman–Crippen MR) is 391 cm³/mol. The Kier molecular flexibility index (Phi) is 70.0. The highest BCUT2D eigenvalue weighted by Gasteiger charge is 2.30. The zero-order chi connectivity index (χ0) is 70.4. The van der Waals surface area contributed by atoms with Crippen molar-refractivity contribution >= 4 is 39.5 Å². The van der Waals surface area contributed by atoms with Crippen LogP contribution in [0.2, 0.25) is 0 Å². The fraction of sp³-hybridized carbons (Fsp3) is 0.948. The van der Waals surface area contributed by atoms with E-state index in [2.05, 4.69) is 27.7 Å². The first-order chi connectivity index (χ1) is 46.7. The number of carbonyl (C=O) groups excluding carboxylic acids is 4. The first kappa shape index (κ1) is 94.1. The molecule has 19 heteroatoms. The molecular formula is C77H150O17P2. The van der Waals surface area contributed by atoms with Crippen molar-refractivity contribution in [2.75, 3.05) is 39.6 Å². The molecule has 0 radical (unpaired) electrons. The van der Waals surface area contributed by atoms with E-state index in [1.165, 1.54) is 244 Å². The fourth-order valence-electron chi connectivity index (χ4n) is 11.9. The standard InChI is InChI=1S/C77H150O17P2/c1-5-9-13-17-21-25-29-33-35-37-39-43-46-50-54-58-62-75(80)88-68-73(94-77(82)64-60-56-52-48-44-40-38-36-34-30-26-22-18-14-10-6-2)70-92-96(85,86)90-66-71(78)65-89-95(83,84)91-69-72(93-76(81)63-59-55-51-47-42-32-28-24-20-16-12-8-4)67-87-74(79)61-57-53-49-45-41-31-27-23-19-15-11-7-3/h71-73,78H,5-70H2,1-4H3,(H,83,84)(H,85,86)/t71-,72+,73+/m0/s1. The Hall–Kier alpha value is -1.94. The number of aliphatic hydroxyl groups excluding tert-OH is 1. The summed E-state index contributed by atoms with van der Waals surface area (Å²) in [5.74, 6) is -2.11. The third-order valence-electron chi connectivity index (χ3n) is 18.1. The van der Waals surface area contributed by atoms with Gasteiger partial charge in [0.1, 0.15) is 19.3 Å². The molecule has 0 spiro atoms. The second-order valence-electron chi connectivity index (χ2n) is 27.7. The van der Waals surface area contributed by atoms with Crippen molar-refractivity contribution in [3.63, 3.8) is 0 Å². The molecule has 0 aliphatic heterocycles. The van der Waals surface area contributed by atoms with Crippen LogP contribution in [-0.4, -0.2) is 96.7 Å². The van der Waals surface area contributed by atoms with Crippen molar-refractivity contribution in [3.8, 4) is 0 Å². The molecule has 2 unspecified atom stereocenters. The largest absolute Gasteiger partial charge is 0.472 e. The zero-order valence-corrected chi connectivity index (χ0v) is 64.1. The van der Waals surface area contributed by atoms with Crippen LogP contribution in [0.25, 0.3) is 0 Å². The lowest BCUT2D eigenvalue weighted by molar-refractivity contribution is -0.161. The first-order valence-corrected chi connectivity index (χ1v) is 43.3. The molecule has 0 saturated carbocycles. The molecule has 0 heterocycles. The van der Waals surface area contributed by atoms with Gasteiger partial charge in [0.15, 0.2) is 12.2 Å². The van der Waals surface area contributed by atoms with Crippen LogP contribution >= 0.6 is 15.6 Å². The number of phosphoric ester groups is 2. The van der Waals surface area contributed by atoms with Crippen LogP contribution < -0.4 is 0 Å². The van der Waals surface area contributed by atoms with E-state index < -0.39 is 97.5 Å². The van der Waals surface area contributed by atoms with Gasteiger partial charge >= 0.3 is 39.5 Å². The number of esters is 4. The van der Waals surface area contributed by atoms with E-state index >= 15 is 0 Å². The van der Waals surface area contributed by atoms with Crippen molar-refractivity contribution < 1.29 is 80.2 Å². The minimum atomic E-state index is -4.96. The van der Waals surface area contributed by atoms with Crippen LogP contribution in [0, 0.1) is 0 Å². The van der Waals surface area contributed by atoms with Crippen molar-refractivity contribution in [2.24, 2.45) is 0 Å². The minimum Gasteiger partial charge on any atom is -0.462 e. The molecule has 0 saturated heterocycles. The number of rotatable bonds is 78. The molecule has 17 nitrogen and oxygen atoms in total. The predicted octanol–water partition coefficient (Wildman–Crippen LogP) is 23.0. The molecule has 3 N–H and O–H groups in total. The highest BCUT2D eigenvalue weighted by atomic mass is 31.2. The Labute approximate surface area is 588 Å². The van der Waals surface area contributed by atoms with Crippen LogP contribution in [0.15, 0.2) is 0 Å². The summed E-state index contributed by atoms with van der Waals surface area (Å²) in [4.78, 5) is 72.9. The lowest BCUT2D eigenvalue weighted by atomic mass is 10.0. The number of hydrogen-bond acceptors (Lipinski definition) is 15. The number of unbranched alkanes of at least 4 members (excludes halogenated alkanes) is 52. The molecule has 570 valence electrons. The lowest BCUT2D eigenvalue weighted by Crippen LogP contribution is -2.30. The Morgan fingerprint density at radius 2 is 0.417 bits per heavy atom. The van der Waals surface area contributed by atoms with Gasteiger partial charge in [-0.2, -0.15) is 0 Å². The van der Waals surface area contributed by atoms with Gasteiger partial charge in [-0.15, -0.1) is 0 Å². The molecule has 0 rings (SSSR count). The van der Waals surface area contributed by atoms with Gasteiger partial charge < -0.3 is 33.8 Å². The summed E-state index contributed by atoms with van der Waals surface area (Å²) < 4.78 is 68.6. The third-order valence-corrected chi connectivity index (χ3v) is 20.0. The van der Waals surface area contributed by atoms with Crippen LogP contribution in [0.1, 0.15) is 413 Å². The van der Waals surface area contributed by atoms with Crippen LogP contribution in [0.4, 0.5) is 0 Å². The number of ether oxygens (including phenoxy) is 4. The summed E-state index contributed by atoms with van der Waals surface area (Å²) >= 11 is 0. The molecule has 0 aromatic heterocycles. The molecule has 5 atom stereocenters. The highest BCUT2D eigenvalue weighted by Crippen LogP contribution is 2.45. The van der Waals surface area contributed by atoms with Gasteiger partial charge in [0.2, 0.25) is 0 Å². The van der Waals surface area contributed by atoms with E-state index in [9.17, 15) is 43.2 Å². The maximum atomic E-state index is 13.1. The number of phosphoric acid groups is 2. The normalized spacial score (nSPS) is 13.9. The average molecular weight is 1410 g/mol. The quantitative estimate of drug-likeness (QED) is 0.0222. The molecular weight excluding hydrogens is 1260 g/mol. The average Bonchev–Trinajstić information content (AvgIpc) is 1.39. The van der Waals surface area contributed by atoms with Crippen molar-refractivity contribution in [1.29, 1.82) is 0 Å². The van der Waals surface area contributed by atoms with E-state index in [-0.39, 0.29) is 25.7 Å². The maximum absolute atomic E-state index is 13.1. The molecule has 0 amide bonds. The lowest BCUT2D eigenvalue weighted by Gasteiger charge is -2.21. The number of aliphatic hydroxyl groups is 1. The summed E-state index contributed by atoms with van der Waals surface area (Å²) in [6, 6.07) is 0. The number of hydrogen-bond donors (Lipinski definition) is 3. The van der Waals surface area contributed by atoms with Crippen LogP contribution in [0.5, 0.6) is 0 Å². The maximum Gasteiger partial charge on any atom is 0.472 e. The van der Waals surface area contributed by atoms with Crippen molar-refractivity contribution in [3.05, 3.63) is 0 Å². The minimum absolute atomic E-state index is 0.108. The highest BCUT2D eigenvalue weighted by molar-refractivity contribution is 7.47. The molecule has 0 aromatic rings. The first-order valence-electron chi connectivity index (χ1n) is 40.3. The van der Waals surface area contributed by atoms with E-state index in [1.807, 2.05) is 0 Å². The third kappa shape index (κ3) is 70.5. The summed E-state index contributed by atoms with van der Waals surface area (Å²) in [5, 5.41) is 10.6. The molecule has 0 fully saturated rings. The molecule has 96 heavy (non-hydrogen) atoms. The van der Waals surface area contributed by atoms with Crippen LogP contribution in [-0.2, 0) is 65.4 Å². The monoisotopic (exact) mass is 1410 g/mol. The Morgan fingerprint density at radius 3 is 0.615 bits per heavy atom. The van der Waals surface area contributed by atoms with Crippen molar-refractivity contribution in [1.82, 2.24) is 0 Å². The van der Waals surface area contributed by atoms with Gasteiger partial charge in [0, 0.05) is 25.7 Å². The van der Waals surface area contributed by atoms with Crippen LogP contribution in [0.3, 0.4) is 0 Å². The molecule has 0 aromatic carbocycles. The fourth-order valence-corrected chi connectivity index (χ4v) is 13.5. The van der Waals surface area contributed by atoms with Gasteiger partial charge in [0.05, 0.1) is 26.4 Å². The Bertz CT molecular complexity index is 1830. The second kappa shape index (κ2) is 71.5.